The lowest BCUT2D eigenvalue weighted by Gasteiger charge is -2.21. The summed E-state index contributed by atoms with van der Waals surface area (Å²) >= 11 is 9.50. The minimum atomic E-state index is 0.164. The van der Waals surface area contributed by atoms with Gasteiger partial charge in [0.15, 0.2) is 0 Å². The van der Waals surface area contributed by atoms with Crippen LogP contribution in [0.1, 0.15) is 6.42 Å². The Kier molecular flexibility index (Phi) is 4.54. The molecule has 0 amide bonds. The molecule has 0 radical (unpaired) electrons. The number of benzene rings is 1. The molecule has 1 aliphatic heterocycles. The third kappa shape index (κ3) is 3.25. The van der Waals surface area contributed by atoms with Gasteiger partial charge in [-0.15, -0.1) is 21.5 Å². The second-order valence-corrected chi connectivity index (χ2v) is 7.43. The number of thioether (sulfide) groups is 1. The number of ether oxygens (including phenoxy) is 2. The molecular formula is C15H13ClN2O3S2. The highest BCUT2D eigenvalue weighted by Crippen LogP contribution is 2.41. The summed E-state index contributed by atoms with van der Waals surface area (Å²) in [5.74, 6) is 1.23. The highest BCUT2D eigenvalue weighted by atomic mass is 35.5. The van der Waals surface area contributed by atoms with Crippen LogP contribution in [0.2, 0.25) is 5.02 Å². The maximum absolute atomic E-state index is 6.44. The van der Waals surface area contributed by atoms with E-state index >= 15 is 0 Å². The van der Waals surface area contributed by atoms with E-state index in [2.05, 4.69) is 10.2 Å². The van der Waals surface area contributed by atoms with Gasteiger partial charge >= 0.3 is 0 Å². The standard InChI is InChI=1S/C15H13ClN2O3S2/c16-12-10-3-1-2-4-11(10)23-13(12)14-17-18-15(21-14)22-7-9-5-6-19-8-20-9/h1-4,9H,5-8H2/t9-/m0/s1. The zero-order chi connectivity index (χ0) is 15.6. The Morgan fingerprint density at radius 3 is 3.04 bits per heavy atom. The average molecular weight is 369 g/mol. The van der Waals surface area contributed by atoms with Gasteiger partial charge in [-0.2, -0.15) is 0 Å². The Morgan fingerprint density at radius 1 is 1.30 bits per heavy atom. The normalized spacial score (nSPS) is 18.6. The molecule has 5 nitrogen and oxygen atoms in total. The van der Waals surface area contributed by atoms with Crippen molar-refractivity contribution in [1.82, 2.24) is 10.2 Å². The molecule has 1 aromatic carbocycles. The van der Waals surface area contributed by atoms with Crippen molar-refractivity contribution in [3.05, 3.63) is 29.3 Å². The maximum atomic E-state index is 6.44. The van der Waals surface area contributed by atoms with Gasteiger partial charge in [-0.1, -0.05) is 41.6 Å². The summed E-state index contributed by atoms with van der Waals surface area (Å²) in [4.78, 5) is 0.814. The monoisotopic (exact) mass is 368 g/mol. The quantitative estimate of drug-likeness (QED) is 0.634. The Hall–Kier alpha value is -1.12. The van der Waals surface area contributed by atoms with E-state index in [0.29, 0.717) is 22.9 Å². The van der Waals surface area contributed by atoms with Crippen LogP contribution in [0.4, 0.5) is 0 Å². The zero-order valence-electron chi connectivity index (χ0n) is 12.0. The first-order valence-electron chi connectivity index (χ1n) is 7.14. The number of fused-ring (bicyclic) bond motifs is 1. The molecule has 3 aromatic rings. The Morgan fingerprint density at radius 2 is 2.22 bits per heavy atom. The molecule has 23 heavy (non-hydrogen) atoms. The summed E-state index contributed by atoms with van der Waals surface area (Å²) in [5.41, 5.74) is 0. The fourth-order valence-electron chi connectivity index (χ4n) is 2.31. The largest absolute Gasteiger partial charge is 0.410 e. The van der Waals surface area contributed by atoms with Crippen molar-refractivity contribution in [2.45, 2.75) is 17.7 Å². The molecule has 4 rings (SSSR count). The number of nitrogens with zero attached hydrogens (tertiary/aromatic N) is 2. The second kappa shape index (κ2) is 6.78. The molecule has 120 valence electrons. The van der Waals surface area contributed by atoms with E-state index < -0.39 is 0 Å². The van der Waals surface area contributed by atoms with Crippen LogP contribution >= 0.6 is 34.7 Å². The molecule has 1 atom stereocenters. The number of hydrogen-bond donors (Lipinski definition) is 0. The number of hydrogen-bond acceptors (Lipinski definition) is 7. The first kappa shape index (κ1) is 15.4. The summed E-state index contributed by atoms with van der Waals surface area (Å²) in [6.07, 6.45) is 1.05. The number of thiophene rings is 1. The highest BCUT2D eigenvalue weighted by molar-refractivity contribution is 7.99. The fourth-order valence-corrected chi connectivity index (χ4v) is 4.57. The predicted octanol–water partition coefficient (Wildman–Crippen LogP) is 4.46. The molecule has 1 saturated heterocycles. The average Bonchev–Trinajstić information content (AvgIpc) is 3.19. The van der Waals surface area contributed by atoms with E-state index in [0.717, 1.165) is 33.7 Å². The molecule has 1 fully saturated rings. The van der Waals surface area contributed by atoms with Crippen molar-refractivity contribution < 1.29 is 13.9 Å². The lowest BCUT2D eigenvalue weighted by Crippen LogP contribution is -2.25. The summed E-state index contributed by atoms with van der Waals surface area (Å²) in [6, 6.07) is 7.98. The SMILES string of the molecule is Clc1c(-c2nnc(SC[C@@H]3CCOCO3)o2)sc2ccccc12. The summed E-state index contributed by atoms with van der Waals surface area (Å²) in [6.45, 7) is 1.09. The Balaban J connectivity index is 1.51. The maximum Gasteiger partial charge on any atom is 0.276 e. The van der Waals surface area contributed by atoms with Gasteiger partial charge in [0.2, 0.25) is 0 Å². The molecule has 0 spiro atoms. The van der Waals surface area contributed by atoms with Crippen molar-refractivity contribution in [2.24, 2.45) is 0 Å². The zero-order valence-corrected chi connectivity index (χ0v) is 14.4. The second-order valence-electron chi connectivity index (χ2n) is 5.03. The minimum absolute atomic E-state index is 0.164. The van der Waals surface area contributed by atoms with Gasteiger partial charge in [-0.05, 0) is 12.5 Å². The van der Waals surface area contributed by atoms with E-state index in [1.807, 2.05) is 24.3 Å². The van der Waals surface area contributed by atoms with Crippen molar-refractivity contribution >= 4 is 44.8 Å². The van der Waals surface area contributed by atoms with Crippen molar-refractivity contribution in [2.75, 3.05) is 19.2 Å². The molecule has 1 aliphatic rings. The number of halogens is 1. The van der Waals surface area contributed by atoms with E-state index in [1.165, 1.54) is 11.8 Å². The number of rotatable bonds is 4. The minimum Gasteiger partial charge on any atom is -0.410 e. The van der Waals surface area contributed by atoms with Crippen LogP contribution in [-0.2, 0) is 9.47 Å². The van der Waals surface area contributed by atoms with Gasteiger partial charge < -0.3 is 13.9 Å². The molecule has 2 aromatic heterocycles. The van der Waals surface area contributed by atoms with Crippen LogP contribution in [0, 0.1) is 0 Å². The Labute approximate surface area is 145 Å². The molecule has 0 unspecified atom stereocenters. The lowest BCUT2D eigenvalue weighted by molar-refractivity contribution is -0.130. The van der Waals surface area contributed by atoms with Gasteiger partial charge in [-0.25, -0.2) is 0 Å². The molecule has 0 saturated carbocycles. The van der Waals surface area contributed by atoms with Crippen LogP contribution in [-0.4, -0.2) is 35.5 Å². The van der Waals surface area contributed by atoms with Crippen LogP contribution in [0.3, 0.4) is 0 Å². The molecule has 0 N–H and O–H groups in total. The summed E-state index contributed by atoms with van der Waals surface area (Å²) in [5, 5.41) is 10.4. The van der Waals surface area contributed by atoms with Gasteiger partial charge in [0.05, 0.1) is 17.7 Å². The lowest BCUT2D eigenvalue weighted by atomic mass is 10.2. The van der Waals surface area contributed by atoms with Crippen LogP contribution in [0.5, 0.6) is 0 Å². The third-order valence-corrected chi connectivity index (χ3v) is 6.11. The summed E-state index contributed by atoms with van der Waals surface area (Å²) < 4.78 is 17.5. The van der Waals surface area contributed by atoms with Gasteiger partial charge in [0.1, 0.15) is 11.7 Å². The van der Waals surface area contributed by atoms with Gasteiger partial charge in [0, 0.05) is 15.8 Å². The van der Waals surface area contributed by atoms with Gasteiger partial charge in [-0.3, -0.25) is 0 Å². The molecular weight excluding hydrogens is 356 g/mol. The predicted molar refractivity (Wildman–Crippen MR) is 91.2 cm³/mol. The topological polar surface area (TPSA) is 57.4 Å². The third-order valence-electron chi connectivity index (χ3n) is 3.50. The van der Waals surface area contributed by atoms with Crippen molar-refractivity contribution in [3.63, 3.8) is 0 Å². The van der Waals surface area contributed by atoms with Crippen LogP contribution in [0.25, 0.3) is 20.9 Å². The fraction of sp³-hybridized carbons (Fsp3) is 0.333. The van der Waals surface area contributed by atoms with Crippen molar-refractivity contribution in [3.8, 4) is 10.8 Å². The van der Waals surface area contributed by atoms with E-state index in [1.54, 1.807) is 11.3 Å². The Bertz CT molecular complexity index is 814. The number of aromatic nitrogens is 2. The van der Waals surface area contributed by atoms with E-state index in [9.17, 15) is 0 Å². The van der Waals surface area contributed by atoms with Crippen LogP contribution < -0.4 is 0 Å². The smallest absolute Gasteiger partial charge is 0.276 e. The summed E-state index contributed by atoms with van der Waals surface area (Å²) in [7, 11) is 0. The van der Waals surface area contributed by atoms with E-state index in [-0.39, 0.29) is 6.10 Å². The first-order valence-corrected chi connectivity index (χ1v) is 9.32. The first-order chi connectivity index (χ1) is 11.3. The molecule has 3 heterocycles. The molecule has 0 aliphatic carbocycles. The van der Waals surface area contributed by atoms with Crippen LogP contribution in [0.15, 0.2) is 33.9 Å². The van der Waals surface area contributed by atoms with Gasteiger partial charge in [0.25, 0.3) is 11.1 Å². The molecule has 0 bridgehead atoms. The van der Waals surface area contributed by atoms with Crippen molar-refractivity contribution in [1.29, 1.82) is 0 Å². The highest BCUT2D eigenvalue weighted by Gasteiger charge is 2.19. The molecule has 8 heteroatoms. The van der Waals surface area contributed by atoms with E-state index in [4.69, 9.17) is 25.5 Å².